The lowest BCUT2D eigenvalue weighted by atomic mass is 9.82. The summed E-state index contributed by atoms with van der Waals surface area (Å²) in [6, 6.07) is 5.94. The van der Waals surface area contributed by atoms with Gasteiger partial charge in [-0.3, -0.25) is 0 Å². The fraction of sp³-hybridized carbons (Fsp3) is 0.647. The minimum Gasteiger partial charge on any atom is -0.496 e. The molecule has 0 bridgehead atoms. The third-order valence-electron chi connectivity index (χ3n) is 4.00. The van der Waals surface area contributed by atoms with Crippen LogP contribution in [0.2, 0.25) is 5.02 Å². The molecule has 0 aliphatic heterocycles. The van der Waals surface area contributed by atoms with Gasteiger partial charge in [-0.25, -0.2) is 0 Å². The van der Waals surface area contributed by atoms with E-state index in [2.05, 4.69) is 32.2 Å². The number of halogens is 1. The van der Waals surface area contributed by atoms with Gasteiger partial charge in [0.1, 0.15) is 5.75 Å². The summed E-state index contributed by atoms with van der Waals surface area (Å²) in [5.41, 5.74) is 1.23. The Morgan fingerprint density at radius 1 is 1.20 bits per heavy atom. The Kier molecular flexibility index (Phi) is 8.01. The lowest BCUT2D eigenvalue weighted by Crippen LogP contribution is -2.27. The molecule has 0 aliphatic rings. The quantitative estimate of drug-likeness (QED) is 0.657. The fourth-order valence-corrected chi connectivity index (χ4v) is 3.00. The third-order valence-corrected chi connectivity index (χ3v) is 4.24. The smallest absolute Gasteiger partial charge is 0.122 e. The predicted octanol–water partition coefficient (Wildman–Crippen LogP) is 4.87. The molecule has 1 atom stereocenters. The number of methoxy groups -OCH3 is 1. The average Bonchev–Trinajstić information content (AvgIpc) is 2.47. The molecule has 20 heavy (non-hydrogen) atoms. The van der Waals surface area contributed by atoms with Crippen molar-refractivity contribution < 1.29 is 4.74 Å². The van der Waals surface area contributed by atoms with Crippen LogP contribution in [0.1, 0.15) is 51.5 Å². The zero-order chi connectivity index (χ0) is 15.0. The van der Waals surface area contributed by atoms with E-state index in [9.17, 15) is 0 Å². The summed E-state index contributed by atoms with van der Waals surface area (Å²) >= 11 is 6.19. The molecule has 1 unspecified atom stereocenters. The summed E-state index contributed by atoms with van der Waals surface area (Å²) in [5.74, 6) is 2.04. The lowest BCUT2D eigenvalue weighted by Gasteiger charge is -2.27. The van der Waals surface area contributed by atoms with E-state index in [0.717, 1.165) is 30.3 Å². The molecule has 0 aromatic heterocycles. The standard InChI is InChI=1S/C17H28ClNO/c1-5-10-19-12-16(13(6-2)7-3)15-11-14(18)8-9-17(15)20-4/h8-9,11,13,16,19H,5-7,10,12H2,1-4H3. The maximum absolute atomic E-state index is 6.19. The van der Waals surface area contributed by atoms with Gasteiger partial charge in [-0.2, -0.15) is 0 Å². The number of nitrogens with one attached hydrogen (secondary N) is 1. The largest absolute Gasteiger partial charge is 0.496 e. The first-order chi connectivity index (χ1) is 9.67. The summed E-state index contributed by atoms with van der Waals surface area (Å²) in [6.07, 6.45) is 3.50. The first-order valence-corrected chi connectivity index (χ1v) is 8.09. The van der Waals surface area contributed by atoms with E-state index in [1.807, 2.05) is 12.1 Å². The van der Waals surface area contributed by atoms with Crippen molar-refractivity contribution in [3.05, 3.63) is 28.8 Å². The molecule has 1 aromatic carbocycles. The first-order valence-electron chi connectivity index (χ1n) is 7.71. The van der Waals surface area contributed by atoms with E-state index in [4.69, 9.17) is 16.3 Å². The van der Waals surface area contributed by atoms with Gasteiger partial charge in [0, 0.05) is 23.0 Å². The van der Waals surface area contributed by atoms with Gasteiger partial charge in [0.15, 0.2) is 0 Å². The second-order valence-electron chi connectivity index (χ2n) is 5.27. The summed E-state index contributed by atoms with van der Waals surface area (Å²) in [4.78, 5) is 0. The molecule has 114 valence electrons. The van der Waals surface area contributed by atoms with Crippen LogP contribution in [0, 0.1) is 5.92 Å². The van der Waals surface area contributed by atoms with Crippen LogP contribution in [0.3, 0.4) is 0 Å². The number of hydrogen-bond donors (Lipinski definition) is 1. The third kappa shape index (κ3) is 4.68. The maximum Gasteiger partial charge on any atom is 0.122 e. The number of ether oxygens (including phenoxy) is 1. The molecule has 0 fully saturated rings. The Hall–Kier alpha value is -0.730. The van der Waals surface area contributed by atoms with Gasteiger partial charge in [-0.1, -0.05) is 45.2 Å². The van der Waals surface area contributed by atoms with Crippen LogP contribution >= 0.6 is 11.6 Å². The monoisotopic (exact) mass is 297 g/mol. The molecule has 0 radical (unpaired) electrons. The number of benzene rings is 1. The molecule has 2 nitrogen and oxygen atoms in total. The highest BCUT2D eigenvalue weighted by atomic mass is 35.5. The molecule has 0 amide bonds. The van der Waals surface area contributed by atoms with E-state index in [1.54, 1.807) is 7.11 Å². The average molecular weight is 298 g/mol. The van der Waals surface area contributed by atoms with Crippen LogP contribution < -0.4 is 10.1 Å². The van der Waals surface area contributed by atoms with E-state index in [-0.39, 0.29) is 0 Å². The van der Waals surface area contributed by atoms with Crippen molar-refractivity contribution >= 4 is 11.6 Å². The van der Waals surface area contributed by atoms with Crippen molar-refractivity contribution in [2.75, 3.05) is 20.2 Å². The van der Waals surface area contributed by atoms with Gasteiger partial charge in [0.05, 0.1) is 7.11 Å². The highest BCUT2D eigenvalue weighted by molar-refractivity contribution is 6.30. The fourth-order valence-electron chi connectivity index (χ4n) is 2.82. The molecular formula is C17H28ClNO. The van der Waals surface area contributed by atoms with Crippen molar-refractivity contribution in [2.24, 2.45) is 5.92 Å². The number of rotatable bonds is 9. The summed E-state index contributed by atoms with van der Waals surface area (Å²) in [7, 11) is 1.73. The lowest BCUT2D eigenvalue weighted by molar-refractivity contribution is 0.356. The summed E-state index contributed by atoms with van der Waals surface area (Å²) < 4.78 is 5.54. The molecule has 1 rings (SSSR count). The van der Waals surface area contributed by atoms with Crippen molar-refractivity contribution in [2.45, 2.75) is 46.0 Å². The van der Waals surface area contributed by atoms with Crippen LogP contribution in [0.25, 0.3) is 0 Å². The van der Waals surface area contributed by atoms with Gasteiger partial charge < -0.3 is 10.1 Å². The Labute approximate surface area is 128 Å². The molecule has 0 saturated heterocycles. The van der Waals surface area contributed by atoms with Gasteiger partial charge in [0.25, 0.3) is 0 Å². The van der Waals surface area contributed by atoms with Crippen LogP contribution in [0.15, 0.2) is 18.2 Å². The van der Waals surface area contributed by atoms with Crippen molar-refractivity contribution in [1.82, 2.24) is 5.32 Å². The molecule has 0 spiro atoms. The number of hydrogen-bond acceptors (Lipinski definition) is 2. The van der Waals surface area contributed by atoms with Crippen molar-refractivity contribution in [1.29, 1.82) is 0 Å². The topological polar surface area (TPSA) is 21.3 Å². The van der Waals surface area contributed by atoms with Crippen LogP contribution in [0.4, 0.5) is 0 Å². The molecule has 3 heteroatoms. The van der Waals surface area contributed by atoms with E-state index in [1.165, 1.54) is 18.4 Å². The Morgan fingerprint density at radius 2 is 1.90 bits per heavy atom. The molecule has 0 aliphatic carbocycles. The van der Waals surface area contributed by atoms with Crippen LogP contribution in [-0.4, -0.2) is 20.2 Å². The van der Waals surface area contributed by atoms with Gasteiger partial charge >= 0.3 is 0 Å². The Morgan fingerprint density at radius 3 is 2.45 bits per heavy atom. The molecule has 0 heterocycles. The maximum atomic E-state index is 6.19. The Balaban J connectivity index is 3.04. The normalized spacial score (nSPS) is 12.7. The zero-order valence-electron chi connectivity index (χ0n) is 13.2. The van der Waals surface area contributed by atoms with E-state index < -0.39 is 0 Å². The van der Waals surface area contributed by atoms with Crippen molar-refractivity contribution in [3.8, 4) is 5.75 Å². The minimum absolute atomic E-state index is 0.449. The minimum atomic E-state index is 0.449. The molecule has 1 N–H and O–H groups in total. The van der Waals surface area contributed by atoms with Gasteiger partial charge in [-0.15, -0.1) is 0 Å². The highest BCUT2D eigenvalue weighted by Crippen LogP contribution is 2.36. The van der Waals surface area contributed by atoms with Crippen LogP contribution in [-0.2, 0) is 0 Å². The Bertz CT molecular complexity index is 391. The summed E-state index contributed by atoms with van der Waals surface area (Å²) in [5, 5.41) is 4.34. The van der Waals surface area contributed by atoms with Gasteiger partial charge in [0.2, 0.25) is 0 Å². The summed E-state index contributed by atoms with van der Waals surface area (Å²) in [6.45, 7) is 8.76. The first kappa shape index (κ1) is 17.3. The highest BCUT2D eigenvalue weighted by Gasteiger charge is 2.23. The zero-order valence-corrected chi connectivity index (χ0v) is 14.0. The van der Waals surface area contributed by atoms with Gasteiger partial charge in [-0.05, 0) is 37.1 Å². The predicted molar refractivity (Wildman–Crippen MR) is 88.0 cm³/mol. The second kappa shape index (κ2) is 9.25. The van der Waals surface area contributed by atoms with Crippen molar-refractivity contribution in [3.63, 3.8) is 0 Å². The van der Waals surface area contributed by atoms with E-state index >= 15 is 0 Å². The SMILES string of the molecule is CCCNCC(c1cc(Cl)ccc1OC)C(CC)CC. The second-order valence-corrected chi connectivity index (χ2v) is 5.71. The van der Waals surface area contributed by atoms with Crippen LogP contribution in [0.5, 0.6) is 5.75 Å². The molecular weight excluding hydrogens is 270 g/mol. The molecule has 0 saturated carbocycles. The van der Waals surface area contributed by atoms with E-state index in [0.29, 0.717) is 11.8 Å². The molecule has 1 aromatic rings.